The standard InChI is InChI=1S/C25H23ClN4O/c1-18(19-12-14-27-15-13-19)29(2)24(31)16-21-17-30(23-6-4-3-5-7-23)28-25(21)20-8-10-22(26)11-9-20/h3-15,17-18H,16H2,1-2H3. The molecule has 0 fully saturated rings. The van der Waals surface area contributed by atoms with Crippen molar-refractivity contribution in [2.75, 3.05) is 7.05 Å². The van der Waals surface area contributed by atoms with E-state index in [1.807, 2.05) is 91.6 Å². The summed E-state index contributed by atoms with van der Waals surface area (Å²) in [6.07, 6.45) is 5.66. The molecule has 1 amide bonds. The van der Waals surface area contributed by atoms with E-state index in [2.05, 4.69) is 4.98 Å². The Labute approximate surface area is 186 Å². The molecule has 1 unspecified atom stereocenters. The Balaban J connectivity index is 1.65. The van der Waals surface area contributed by atoms with Crippen LogP contribution in [0.25, 0.3) is 16.9 Å². The van der Waals surface area contributed by atoms with Crippen molar-refractivity contribution in [3.63, 3.8) is 0 Å². The van der Waals surface area contributed by atoms with Gasteiger partial charge in [0.15, 0.2) is 0 Å². The van der Waals surface area contributed by atoms with Gasteiger partial charge in [-0.3, -0.25) is 9.78 Å². The molecule has 2 heterocycles. The molecule has 0 saturated heterocycles. The van der Waals surface area contributed by atoms with Gasteiger partial charge in [0.1, 0.15) is 0 Å². The molecule has 0 bridgehead atoms. The maximum atomic E-state index is 13.2. The van der Waals surface area contributed by atoms with E-state index in [4.69, 9.17) is 16.7 Å². The Hall–Kier alpha value is -3.44. The highest BCUT2D eigenvalue weighted by atomic mass is 35.5. The van der Waals surface area contributed by atoms with Crippen molar-refractivity contribution in [3.05, 3.63) is 101 Å². The molecule has 5 nitrogen and oxygen atoms in total. The molecule has 0 aliphatic rings. The summed E-state index contributed by atoms with van der Waals surface area (Å²) in [7, 11) is 1.83. The predicted octanol–water partition coefficient (Wildman–Crippen LogP) is 5.35. The van der Waals surface area contributed by atoms with Gasteiger partial charge in [0.2, 0.25) is 5.91 Å². The summed E-state index contributed by atoms with van der Waals surface area (Å²) in [5.41, 5.74) is 4.55. The number of para-hydroxylation sites is 1. The van der Waals surface area contributed by atoms with Gasteiger partial charge < -0.3 is 4.90 Å². The molecule has 156 valence electrons. The zero-order valence-corrected chi connectivity index (χ0v) is 18.2. The number of hydrogen-bond acceptors (Lipinski definition) is 3. The number of carbonyl (C=O) groups is 1. The lowest BCUT2D eigenvalue weighted by molar-refractivity contribution is -0.131. The van der Waals surface area contributed by atoms with Gasteiger partial charge >= 0.3 is 0 Å². The first-order valence-corrected chi connectivity index (χ1v) is 10.5. The van der Waals surface area contributed by atoms with Crippen molar-refractivity contribution in [1.82, 2.24) is 19.7 Å². The van der Waals surface area contributed by atoms with Crippen LogP contribution in [0.3, 0.4) is 0 Å². The molecule has 31 heavy (non-hydrogen) atoms. The van der Waals surface area contributed by atoms with Crippen molar-refractivity contribution in [2.24, 2.45) is 0 Å². The Kier molecular flexibility index (Phi) is 6.14. The number of halogens is 1. The van der Waals surface area contributed by atoms with Crippen LogP contribution in [0.2, 0.25) is 5.02 Å². The van der Waals surface area contributed by atoms with E-state index in [0.717, 1.165) is 28.1 Å². The lowest BCUT2D eigenvalue weighted by Crippen LogP contribution is -2.31. The minimum atomic E-state index is -0.0568. The lowest BCUT2D eigenvalue weighted by atomic mass is 10.0. The maximum Gasteiger partial charge on any atom is 0.227 e. The van der Waals surface area contributed by atoms with Gasteiger partial charge in [-0.25, -0.2) is 4.68 Å². The number of aromatic nitrogens is 3. The van der Waals surface area contributed by atoms with E-state index in [-0.39, 0.29) is 18.4 Å². The van der Waals surface area contributed by atoms with Crippen LogP contribution in [0.1, 0.15) is 24.1 Å². The fourth-order valence-corrected chi connectivity index (χ4v) is 3.60. The molecule has 0 saturated carbocycles. The van der Waals surface area contributed by atoms with Gasteiger partial charge in [-0.15, -0.1) is 0 Å². The van der Waals surface area contributed by atoms with Crippen LogP contribution >= 0.6 is 11.6 Å². The molecule has 0 aliphatic carbocycles. The lowest BCUT2D eigenvalue weighted by Gasteiger charge is -2.25. The first-order valence-electron chi connectivity index (χ1n) is 10.1. The van der Waals surface area contributed by atoms with Crippen LogP contribution in [-0.4, -0.2) is 32.6 Å². The van der Waals surface area contributed by atoms with Crippen LogP contribution in [0.4, 0.5) is 0 Å². The Morgan fingerprint density at radius 3 is 2.39 bits per heavy atom. The highest BCUT2D eigenvalue weighted by Gasteiger charge is 2.21. The summed E-state index contributed by atoms with van der Waals surface area (Å²) >= 11 is 6.07. The van der Waals surface area contributed by atoms with E-state index in [1.54, 1.807) is 17.3 Å². The zero-order valence-electron chi connectivity index (χ0n) is 17.4. The summed E-state index contributed by atoms with van der Waals surface area (Å²) in [6, 6.07) is 21.2. The maximum absolute atomic E-state index is 13.2. The molecule has 1 atom stereocenters. The van der Waals surface area contributed by atoms with Crippen molar-refractivity contribution in [1.29, 1.82) is 0 Å². The van der Waals surface area contributed by atoms with E-state index in [0.29, 0.717) is 5.02 Å². The van der Waals surface area contributed by atoms with E-state index in [9.17, 15) is 4.79 Å². The molecule has 0 radical (unpaired) electrons. The molecule has 2 aromatic heterocycles. The van der Waals surface area contributed by atoms with Crippen LogP contribution in [0.15, 0.2) is 85.3 Å². The largest absolute Gasteiger partial charge is 0.339 e. The minimum absolute atomic E-state index is 0.0205. The highest BCUT2D eigenvalue weighted by molar-refractivity contribution is 6.30. The third-order valence-corrected chi connectivity index (χ3v) is 5.68. The minimum Gasteiger partial charge on any atom is -0.339 e. The Morgan fingerprint density at radius 2 is 1.71 bits per heavy atom. The molecular weight excluding hydrogens is 408 g/mol. The SMILES string of the molecule is CC(c1ccncc1)N(C)C(=O)Cc1cn(-c2ccccc2)nc1-c1ccc(Cl)cc1. The summed E-state index contributed by atoms with van der Waals surface area (Å²) in [5.74, 6) is 0.0205. The van der Waals surface area contributed by atoms with Crippen LogP contribution in [0.5, 0.6) is 0 Å². The second-order valence-electron chi connectivity index (χ2n) is 7.43. The van der Waals surface area contributed by atoms with Gasteiger partial charge in [0.25, 0.3) is 0 Å². The number of hydrogen-bond donors (Lipinski definition) is 0. The number of amides is 1. The van der Waals surface area contributed by atoms with Crippen LogP contribution < -0.4 is 0 Å². The first-order chi connectivity index (χ1) is 15.0. The molecule has 2 aromatic carbocycles. The molecule has 4 aromatic rings. The fourth-order valence-electron chi connectivity index (χ4n) is 3.47. The Bertz CT molecular complexity index is 1160. The second kappa shape index (κ2) is 9.14. The van der Waals surface area contributed by atoms with Gasteiger partial charge in [-0.1, -0.05) is 41.9 Å². The van der Waals surface area contributed by atoms with Gasteiger partial charge in [-0.2, -0.15) is 5.10 Å². The third kappa shape index (κ3) is 4.67. The van der Waals surface area contributed by atoms with Crippen molar-refractivity contribution < 1.29 is 4.79 Å². The number of benzene rings is 2. The smallest absolute Gasteiger partial charge is 0.227 e. The zero-order chi connectivity index (χ0) is 21.8. The van der Waals surface area contributed by atoms with E-state index < -0.39 is 0 Å². The normalized spacial score (nSPS) is 11.8. The van der Waals surface area contributed by atoms with Gasteiger partial charge in [0, 0.05) is 41.8 Å². The number of likely N-dealkylation sites (N-methyl/N-ethyl adjacent to an activating group) is 1. The quantitative estimate of drug-likeness (QED) is 0.414. The first kappa shape index (κ1) is 20.8. The number of pyridine rings is 1. The van der Waals surface area contributed by atoms with Crippen LogP contribution in [-0.2, 0) is 11.2 Å². The third-order valence-electron chi connectivity index (χ3n) is 5.43. The number of rotatable bonds is 6. The summed E-state index contributed by atoms with van der Waals surface area (Å²) in [6.45, 7) is 2.01. The molecule has 0 aliphatic heterocycles. The molecule has 0 spiro atoms. The molecular formula is C25H23ClN4O. The highest BCUT2D eigenvalue weighted by Crippen LogP contribution is 2.27. The summed E-state index contributed by atoms with van der Waals surface area (Å²) < 4.78 is 1.82. The average Bonchev–Trinajstić information content (AvgIpc) is 3.23. The Morgan fingerprint density at radius 1 is 1.03 bits per heavy atom. The monoisotopic (exact) mass is 430 g/mol. The number of nitrogens with zero attached hydrogens (tertiary/aromatic N) is 4. The van der Waals surface area contributed by atoms with E-state index >= 15 is 0 Å². The summed E-state index contributed by atoms with van der Waals surface area (Å²) in [5, 5.41) is 5.45. The molecule has 0 N–H and O–H groups in total. The van der Waals surface area contributed by atoms with Crippen molar-refractivity contribution in [2.45, 2.75) is 19.4 Å². The fraction of sp³-hybridized carbons (Fsp3) is 0.160. The number of carbonyl (C=O) groups excluding carboxylic acids is 1. The van der Waals surface area contributed by atoms with Crippen molar-refractivity contribution >= 4 is 17.5 Å². The van der Waals surface area contributed by atoms with Crippen LogP contribution in [0, 0.1) is 0 Å². The second-order valence-corrected chi connectivity index (χ2v) is 7.86. The van der Waals surface area contributed by atoms with E-state index in [1.165, 1.54) is 0 Å². The molecule has 6 heteroatoms. The van der Waals surface area contributed by atoms with Gasteiger partial charge in [-0.05, 0) is 48.9 Å². The average molecular weight is 431 g/mol. The van der Waals surface area contributed by atoms with Crippen molar-refractivity contribution in [3.8, 4) is 16.9 Å². The van der Waals surface area contributed by atoms with Gasteiger partial charge in [0.05, 0.1) is 23.8 Å². The molecule has 4 rings (SSSR count). The predicted molar refractivity (Wildman–Crippen MR) is 123 cm³/mol. The summed E-state index contributed by atoms with van der Waals surface area (Å²) in [4.78, 5) is 19.0. The topological polar surface area (TPSA) is 51.0 Å².